The van der Waals surface area contributed by atoms with E-state index in [4.69, 9.17) is 13.9 Å². The molecule has 5 aromatic rings. The fraction of sp³-hybridized carbons (Fsp3) is 0.0769. The molecule has 36 heavy (non-hydrogen) atoms. The van der Waals surface area contributed by atoms with E-state index in [9.17, 15) is 9.59 Å². The van der Waals surface area contributed by atoms with E-state index in [-0.39, 0.29) is 23.9 Å². The molecule has 3 heterocycles. The normalized spacial score (nSPS) is 10.7. The van der Waals surface area contributed by atoms with Gasteiger partial charge in [0.1, 0.15) is 11.5 Å². The zero-order valence-electron chi connectivity index (χ0n) is 19.2. The number of amides is 1. The van der Waals surface area contributed by atoms with Crippen LogP contribution in [0.15, 0.2) is 94.3 Å². The molecule has 0 saturated heterocycles. The van der Waals surface area contributed by atoms with Crippen molar-refractivity contribution in [3.8, 4) is 40.2 Å². The number of para-hydroxylation sites is 2. The van der Waals surface area contributed by atoms with Gasteiger partial charge >= 0.3 is 0 Å². The Labute approximate surface area is 205 Å². The number of methoxy groups -OCH3 is 1. The molecular formula is C26H21N5O5. The standard InChI is InChI=1S/C26H21N5O5/c1-34-21-10-5-6-11-22(21)36-16-25(33)28-23-14-19(20-12-7-13-35-20)30-31(23)26-27-18(15-24(32)29-26)17-8-3-2-4-9-17/h2-15H,16H2,1H3,(H,28,33)(H,27,29,32). The summed E-state index contributed by atoms with van der Waals surface area (Å²) in [5, 5.41) is 7.28. The van der Waals surface area contributed by atoms with E-state index >= 15 is 0 Å². The molecule has 2 N–H and O–H groups in total. The number of hydrogen-bond donors (Lipinski definition) is 2. The first-order valence-corrected chi connectivity index (χ1v) is 11.0. The number of ether oxygens (including phenoxy) is 2. The van der Waals surface area contributed by atoms with E-state index in [1.165, 1.54) is 24.1 Å². The minimum Gasteiger partial charge on any atom is -0.493 e. The molecule has 2 aromatic carbocycles. The molecule has 0 bridgehead atoms. The second kappa shape index (κ2) is 10.0. The van der Waals surface area contributed by atoms with Crippen molar-refractivity contribution in [2.75, 3.05) is 19.0 Å². The molecule has 0 saturated carbocycles. The van der Waals surface area contributed by atoms with Gasteiger partial charge in [0.15, 0.2) is 23.9 Å². The van der Waals surface area contributed by atoms with E-state index in [2.05, 4.69) is 20.4 Å². The van der Waals surface area contributed by atoms with Crippen LogP contribution in [0.3, 0.4) is 0 Å². The van der Waals surface area contributed by atoms with Gasteiger partial charge in [-0.05, 0) is 24.3 Å². The summed E-state index contributed by atoms with van der Waals surface area (Å²) in [6.45, 7) is -0.282. The summed E-state index contributed by atoms with van der Waals surface area (Å²) in [4.78, 5) is 32.5. The lowest BCUT2D eigenvalue weighted by atomic mass is 10.1. The topological polar surface area (TPSA) is 124 Å². The molecule has 5 rings (SSSR count). The Bertz CT molecular complexity index is 1540. The SMILES string of the molecule is COc1ccccc1OCC(=O)Nc1cc(-c2ccco2)nn1-c1nc(-c2ccccc2)cc(=O)[nH]1. The van der Waals surface area contributed by atoms with Gasteiger partial charge in [-0.3, -0.25) is 14.6 Å². The van der Waals surface area contributed by atoms with E-state index in [0.717, 1.165) is 5.56 Å². The lowest BCUT2D eigenvalue weighted by Crippen LogP contribution is -2.23. The van der Waals surface area contributed by atoms with Crippen LogP contribution in [-0.2, 0) is 4.79 Å². The summed E-state index contributed by atoms with van der Waals surface area (Å²) in [7, 11) is 1.52. The number of carbonyl (C=O) groups excluding carboxylic acids is 1. The van der Waals surface area contributed by atoms with E-state index in [0.29, 0.717) is 28.6 Å². The molecule has 1 amide bonds. The quantitative estimate of drug-likeness (QED) is 0.343. The van der Waals surface area contributed by atoms with Crippen LogP contribution in [0.2, 0.25) is 0 Å². The highest BCUT2D eigenvalue weighted by molar-refractivity contribution is 5.92. The van der Waals surface area contributed by atoms with Crippen molar-refractivity contribution >= 4 is 11.7 Å². The number of carbonyl (C=O) groups is 1. The van der Waals surface area contributed by atoms with Crippen LogP contribution in [0.25, 0.3) is 28.7 Å². The summed E-state index contributed by atoms with van der Waals surface area (Å²) < 4.78 is 17.7. The van der Waals surface area contributed by atoms with Gasteiger partial charge in [-0.15, -0.1) is 0 Å². The number of furan rings is 1. The Morgan fingerprint density at radius 1 is 1.00 bits per heavy atom. The van der Waals surface area contributed by atoms with Gasteiger partial charge in [-0.25, -0.2) is 4.98 Å². The molecule has 0 unspecified atom stereocenters. The van der Waals surface area contributed by atoms with Crippen molar-refractivity contribution in [2.24, 2.45) is 0 Å². The van der Waals surface area contributed by atoms with E-state index in [1.54, 1.807) is 42.5 Å². The Morgan fingerprint density at radius 2 is 1.78 bits per heavy atom. The van der Waals surface area contributed by atoms with Gasteiger partial charge in [-0.2, -0.15) is 9.78 Å². The summed E-state index contributed by atoms with van der Waals surface area (Å²) >= 11 is 0. The second-order valence-electron chi connectivity index (χ2n) is 7.61. The van der Waals surface area contributed by atoms with Gasteiger partial charge < -0.3 is 19.2 Å². The lowest BCUT2D eigenvalue weighted by Gasteiger charge is -2.11. The highest BCUT2D eigenvalue weighted by atomic mass is 16.5. The highest BCUT2D eigenvalue weighted by Gasteiger charge is 2.18. The van der Waals surface area contributed by atoms with Crippen LogP contribution in [0.5, 0.6) is 11.5 Å². The van der Waals surface area contributed by atoms with Crippen molar-refractivity contribution < 1.29 is 18.7 Å². The molecule has 0 aliphatic carbocycles. The summed E-state index contributed by atoms with van der Waals surface area (Å²) in [6.07, 6.45) is 1.52. The van der Waals surface area contributed by atoms with Crippen LogP contribution >= 0.6 is 0 Å². The van der Waals surface area contributed by atoms with Crippen molar-refractivity contribution in [1.82, 2.24) is 19.7 Å². The number of hydrogen-bond acceptors (Lipinski definition) is 7. The summed E-state index contributed by atoms with van der Waals surface area (Å²) in [5.74, 6) is 1.37. The third-order valence-corrected chi connectivity index (χ3v) is 5.18. The molecule has 0 atom stereocenters. The monoisotopic (exact) mass is 483 g/mol. The van der Waals surface area contributed by atoms with E-state index in [1.807, 2.05) is 30.3 Å². The lowest BCUT2D eigenvalue weighted by molar-refractivity contribution is -0.118. The van der Waals surface area contributed by atoms with Crippen LogP contribution in [0.1, 0.15) is 0 Å². The number of aromatic amines is 1. The highest BCUT2D eigenvalue weighted by Crippen LogP contribution is 2.27. The Hall–Kier alpha value is -5.12. The Morgan fingerprint density at radius 3 is 2.53 bits per heavy atom. The smallest absolute Gasteiger partial charge is 0.263 e. The fourth-order valence-corrected chi connectivity index (χ4v) is 3.54. The largest absolute Gasteiger partial charge is 0.493 e. The molecule has 10 nitrogen and oxygen atoms in total. The number of benzene rings is 2. The zero-order valence-corrected chi connectivity index (χ0v) is 19.2. The minimum atomic E-state index is -0.449. The van der Waals surface area contributed by atoms with Crippen LogP contribution < -0.4 is 20.3 Å². The zero-order chi connectivity index (χ0) is 24.9. The molecule has 180 valence electrons. The first kappa shape index (κ1) is 22.7. The number of rotatable bonds is 8. The van der Waals surface area contributed by atoms with Crippen molar-refractivity contribution in [3.05, 3.63) is 95.5 Å². The molecule has 10 heteroatoms. The number of nitrogens with zero attached hydrogens (tertiary/aromatic N) is 3. The molecule has 0 aliphatic rings. The number of anilines is 1. The van der Waals surface area contributed by atoms with Gasteiger partial charge in [0, 0.05) is 17.7 Å². The first-order valence-electron chi connectivity index (χ1n) is 11.0. The third kappa shape index (κ3) is 4.87. The molecular weight excluding hydrogens is 462 g/mol. The third-order valence-electron chi connectivity index (χ3n) is 5.18. The van der Waals surface area contributed by atoms with Crippen molar-refractivity contribution in [3.63, 3.8) is 0 Å². The molecule has 0 radical (unpaired) electrons. The average molecular weight is 483 g/mol. The molecule has 0 spiro atoms. The molecule has 0 aliphatic heterocycles. The number of nitrogens with one attached hydrogen (secondary N) is 2. The van der Waals surface area contributed by atoms with Gasteiger partial charge in [0.25, 0.3) is 11.5 Å². The van der Waals surface area contributed by atoms with Gasteiger partial charge in [-0.1, -0.05) is 42.5 Å². The maximum atomic E-state index is 12.8. The maximum absolute atomic E-state index is 12.8. The first-order chi connectivity index (χ1) is 17.6. The molecule has 3 aromatic heterocycles. The minimum absolute atomic E-state index is 0.125. The predicted molar refractivity (Wildman–Crippen MR) is 132 cm³/mol. The fourth-order valence-electron chi connectivity index (χ4n) is 3.54. The summed E-state index contributed by atoms with van der Waals surface area (Å²) in [6, 6.07) is 22.8. The van der Waals surface area contributed by atoms with Crippen LogP contribution in [0, 0.1) is 0 Å². The van der Waals surface area contributed by atoms with Gasteiger partial charge in [0.2, 0.25) is 5.95 Å². The maximum Gasteiger partial charge on any atom is 0.263 e. The molecule has 0 fully saturated rings. The Balaban J connectivity index is 1.47. The second-order valence-corrected chi connectivity index (χ2v) is 7.61. The van der Waals surface area contributed by atoms with E-state index < -0.39 is 5.91 Å². The number of aromatic nitrogens is 4. The predicted octanol–water partition coefficient (Wildman–Crippen LogP) is 3.91. The number of H-pyrrole nitrogens is 1. The van der Waals surface area contributed by atoms with Crippen LogP contribution in [-0.4, -0.2) is 39.4 Å². The van der Waals surface area contributed by atoms with Crippen LogP contribution in [0.4, 0.5) is 5.82 Å². The van der Waals surface area contributed by atoms with Gasteiger partial charge in [0.05, 0.1) is 19.1 Å². The summed E-state index contributed by atoms with van der Waals surface area (Å²) in [5.41, 5.74) is 1.29. The Kier molecular flexibility index (Phi) is 6.31. The van der Waals surface area contributed by atoms with Crippen molar-refractivity contribution in [1.29, 1.82) is 0 Å². The van der Waals surface area contributed by atoms with Crippen molar-refractivity contribution in [2.45, 2.75) is 0 Å². The average Bonchev–Trinajstić information content (AvgIpc) is 3.58.